The Balaban J connectivity index is 1.22. The van der Waals surface area contributed by atoms with Crippen LogP contribution >= 0.6 is 0 Å². The number of benzene rings is 2. The van der Waals surface area contributed by atoms with Gasteiger partial charge < -0.3 is 24.4 Å². The number of nitrogens with zero attached hydrogens (tertiary/aromatic N) is 9. The van der Waals surface area contributed by atoms with E-state index in [1.807, 2.05) is 42.2 Å². The highest BCUT2D eigenvalue weighted by Gasteiger charge is 2.41. The van der Waals surface area contributed by atoms with Crippen molar-refractivity contribution in [2.75, 3.05) is 43.7 Å². The fraction of sp³-hybridized carbons (Fsp3) is 0.314. The lowest BCUT2D eigenvalue weighted by Gasteiger charge is -2.30. The van der Waals surface area contributed by atoms with Crippen molar-refractivity contribution in [2.45, 2.75) is 43.0 Å². The number of aromatic nitrogens is 7. The van der Waals surface area contributed by atoms with Crippen molar-refractivity contribution in [3.05, 3.63) is 78.8 Å². The first-order valence-corrected chi connectivity index (χ1v) is 17.8. The molecule has 1 amide bonds. The number of pyridine rings is 1. The van der Waals surface area contributed by atoms with Crippen molar-refractivity contribution in [3.8, 4) is 16.9 Å². The van der Waals surface area contributed by atoms with Gasteiger partial charge in [-0.15, -0.1) is 0 Å². The van der Waals surface area contributed by atoms with Crippen LogP contribution in [-0.4, -0.2) is 101 Å². The van der Waals surface area contributed by atoms with Crippen LogP contribution in [0.3, 0.4) is 0 Å². The van der Waals surface area contributed by atoms with E-state index in [2.05, 4.69) is 31.0 Å². The van der Waals surface area contributed by atoms with E-state index in [9.17, 15) is 13.4 Å². The number of para-hydroxylation sites is 1. The second-order valence-electron chi connectivity index (χ2n) is 12.7. The molecule has 50 heavy (non-hydrogen) atoms. The molecule has 0 radical (unpaired) electrons. The molecule has 2 aliphatic rings. The lowest BCUT2D eigenvalue weighted by Crippen LogP contribution is -2.47. The van der Waals surface area contributed by atoms with E-state index in [1.54, 1.807) is 25.3 Å². The molecule has 2 aliphatic heterocycles. The number of fused-ring (bicyclic) bond motifs is 6. The average molecular weight is 695 g/mol. The quantitative estimate of drug-likeness (QED) is 0.289. The number of carbonyl (C=O) groups excluding carboxylic acids is 1. The SMILES string of the molecule is COC1CN(C)C(=O)[C@@H]2C[C@@H](CN2c2ncnc3c2cnn3-c2ccc(F)cc2S(C)=O)Nc2cccc(n2)-c2cccc3nc(C)n(c23)C1. The number of hydrogen-bond donors (Lipinski definition) is 1. The predicted octanol–water partition coefficient (Wildman–Crippen LogP) is 3.96. The zero-order chi connectivity index (χ0) is 34.7. The van der Waals surface area contributed by atoms with Gasteiger partial charge in [-0.3, -0.25) is 9.00 Å². The summed E-state index contributed by atoms with van der Waals surface area (Å²) in [7, 11) is 1.98. The number of anilines is 2. The molecule has 1 saturated heterocycles. The number of likely N-dealkylation sites (N-methyl/N-ethyl adjacent to an activating group) is 1. The Labute approximate surface area is 289 Å². The minimum absolute atomic E-state index is 0.0813. The summed E-state index contributed by atoms with van der Waals surface area (Å²) in [4.78, 5) is 37.5. The van der Waals surface area contributed by atoms with E-state index >= 15 is 0 Å². The highest BCUT2D eigenvalue weighted by molar-refractivity contribution is 7.84. The molecule has 1 fully saturated rings. The van der Waals surface area contributed by atoms with Gasteiger partial charge in [0.05, 0.1) is 62.3 Å². The average Bonchev–Trinajstić information content (AvgIpc) is 3.82. The zero-order valence-corrected chi connectivity index (χ0v) is 28.8. The highest BCUT2D eigenvalue weighted by Crippen LogP contribution is 2.34. The van der Waals surface area contributed by atoms with Crippen molar-refractivity contribution in [1.82, 2.24) is 39.2 Å². The van der Waals surface area contributed by atoms with Crippen LogP contribution in [0.15, 0.2) is 72.0 Å². The summed E-state index contributed by atoms with van der Waals surface area (Å²) >= 11 is 0. The van der Waals surface area contributed by atoms with Gasteiger partial charge in [0.25, 0.3) is 0 Å². The Hall–Kier alpha value is -5.28. The van der Waals surface area contributed by atoms with E-state index in [-0.39, 0.29) is 18.1 Å². The maximum absolute atomic E-state index is 14.4. The number of amides is 1. The molecule has 15 heteroatoms. The summed E-state index contributed by atoms with van der Waals surface area (Å²) in [6, 6.07) is 15.3. The molecule has 2 aromatic carbocycles. The monoisotopic (exact) mass is 694 g/mol. The standard InChI is InChI=1S/C35H35FN10O3S/c1-20-40-27-9-5-7-24-26-8-6-10-31(42-26)41-22-14-29(35(47)43(2)17-23(49-3)18-44(20)32(24)27)45(16-22)33-25-15-39-46(34(25)38-19-37-33)28-12-11-21(36)13-30(28)50(4)48/h5-13,15,19,22-23,29H,14,16-18H2,1-4H3,(H,41,42)/t22-,23?,29-,50?/m0/s1. The first-order valence-electron chi connectivity index (χ1n) is 16.3. The maximum atomic E-state index is 14.4. The van der Waals surface area contributed by atoms with Crippen molar-refractivity contribution in [1.29, 1.82) is 0 Å². The first kappa shape index (κ1) is 32.0. The number of carbonyl (C=O) groups is 1. The van der Waals surface area contributed by atoms with Crippen LogP contribution in [-0.2, 0) is 26.9 Å². The molecule has 0 saturated carbocycles. The summed E-state index contributed by atoms with van der Waals surface area (Å²) in [6.45, 7) is 3.26. The van der Waals surface area contributed by atoms with Crippen LogP contribution in [0.5, 0.6) is 0 Å². The number of nitrogens with one attached hydrogen (secondary N) is 1. The molecule has 13 nitrogen and oxygen atoms in total. The molecule has 4 bridgehead atoms. The van der Waals surface area contributed by atoms with E-state index in [0.717, 1.165) is 28.1 Å². The number of hydrogen-bond acceptors (Lipinski definition) is 10. The second kappa shape index (κ2) is 12.6. The third kappa shape index (κ3) is 5.46. The fourth-order valence-electron chi connectivity index (χ4n) is 7.21. The van der Waals surface area contributed by atoms with Gasteiger partial charge in [0.2, 0.25) is 5.91 Å². The highest BCUT2D eigenvalue weighted by atomic mass is 32.2. The molecule has 4 atom stereocenters. The first-order chi connectivity index (χ1) is 24.2. The Morgan fingerprint density at radius 3 is 2.70 bits per heavy atom. The minimum Gasteiger partial charge on any atom is -0.378 e. The number of methoxy groups -OCH3 is 1. The number of rotatable bonds is 4. The molecule has 8 rings (SSSR count). The lowest BCUT2D eigenvalue weighted by atomic mass is 10.1. The van der Waals surface area contributed by atoms with Gasteiger partial charge in [-0.2, -0.15) is 5.10 Å². The van der Waals surface area contributed by atoms with Crippen molar-refractivity contribution >= 4 is 50.4 Å². The number of aryl methyl sites for hydroxylation is 1. The van der Waals surface area contributed by atoms with Crippen molar-refractivity contribution < 1.29 is 18.1 Å². The normalized spacial score (nSPS) is 20.2. The molecule has 0 spiro atoms. The van der Waals surface area contributed by atoms with E-state index in [0.29, 0.717) is 59.3 Å². The van der Waals surface area contributed by atoms with Crippen LogP contribution in [0, 0.1) is 12.7 Å². The number of imidazole rings is 1. The molecule has 4 aromatic heterocycles. The Kier molecular flexibility index (Phi) is 8.02. The van der Waals surface area contributed by atoms with Crippen LogP contribution in [0.4, 0.5) is 16.0 Å². The van der Waals surface area contributed by atoms with Crippen LogP contribution in [0.25, 0.3) is 39.0 Å². The van der Waals surface area contributed by atoms with Crippen LogP contribution in [0.2, 0.25) is 0 Å². The summed E-state index contributed by atoms with van der Waals surface area (Å²) in [5, 5.41) is 8.77. The van der Waals surface area contributed by atoms with Gasteiger partial charge in [0.15, 0.2) is 5.65 Å². The van der Waals surface area contributed by atoms with Crippen LogP contribution in [0.1, 0.15) is 12.2 Å². The van der Waals surface area contributed by atoms with E-state index in [4.69, 9.17) is 14.7 Å². The number of ether oxygens (including phenoxy) is 1. The molecular weight excluding hydrogens is 660 g/mol. The largest absolute Gasteiger partial charge is 0.378 e. The Bertz CT molecular complexity index is 2310. The molecule has 6 heterocycles. The number of halogens is 1. The van der Waals surface area contributed by atoms with E-state index < -0.39 is 22.7 Å². The van der Waals surface area contributed by atoms with Gasteiger partial charge in [-0.05, 0) is 49.7 Å². The third-order valence-electron chi connectivity index (χ3n) is 9.57. The summed E-state index contributed by atoms with van der Waals surface area (Å²) in [6.07, 6.45) is 4.72. The van der Waals surface area contributed by atoms with Gasteiger partial charge in [-0.25, -0.2) is 29.0 Å². The van der Waals surface area contributed by atoms with Gasteiger partial charge in [-0.1, -0.05) is 18.2 Å². The maximum Gasteiger partial charge on any atom is 0.245 e. The summed E-state index contributed by atoms with van der Waals surface area (Å²) in [5.41, 5.74) is 4.51. The Morgan fingerprint density at radius 2 is 1.88 bits per heavy atom. The molecule has 256 valence electrons. The lowest BCUT2D eigenvalue weighted by molar-refractivity contribution is -0.132. The minimum atomic E-state index is -1.49. The molecule has 1 N–H and O–H groups in total. The predicted molar refractivity (Wildman–Crippen MR) is 188 cm³/mol. The third-order valence-corrected chi connectivity index (χ3v) is 10.5. The molecule has 6 aromatic rings. The Morgan fingerprint density at radius 1 is 1.04 bits per heavy atom. The van der Waals surface area contributed by atoms with E-state index in [1.165, 1.54) is 35.5 Å². The van der Waals surface area contributed by atoms with Gasteiger partial charge >= 0.3 is 0 Å². The summed E-state index contributed by atoms with van der Waals surface area (Å²) in [5.74, 6) is 1.50. The molecule has 0 aliphatic carbocycles. The van der Waals surface area contributed by atoms with Crippen molar-refractivity contribution in [2.24, 2.45) is 0 Å². The summed E-state index contributed by atoms with van der Waals surface area (Å²) < 4.78 is 36.4. The van der Waals surface area contributed by atoms with Gasteiger partial charge in [0.1, 0.15) is 35.6 Å². The van der Waals surface area contributed by atoms with Crippen molar-refractivity contribution in [3.63, 3.8) is 0 Å². The zero-order valence-electron chi connectivity index (χ0n) is 27.9. The molecule has 2 unspecified atom stereocenters. The molecular formula is C35H35FN10O3S. The topological polar surface area (TPSA) is 136 Å². The fourth-order valence-corrected chi connectivity index (χ4v) is 7.93. The smallest absolute Gasteiger partial charge is 0.245 e. The van der Waals surface area contributed by atoms with Crippen LogP contribution < -0.4 is 10.2 Å². The second-order valence-corrected chi connectivity index (χ2v) is 14.1. The van der Waals surface area contributed by atoms with Gasteiger partial charge in [0, 0.05) is 45.1 Å².